The second-order valence-corrected chi connectivity index (χ2v) is 12.0. The van der Waals surface area contributed by atoms with Gasteiger partial charge in [0.05, 0.1) is 20.5 Å². The summed E-state index contributed by atoms with van der Waals surface area (Å²) in [6.45, 7) is 3.42. The number of rotatable bonds is 13. The molecule has 222 valence electrons. The maximum Gasteiger partial charge on any atom is 0.261 e. The van der Waals surface area contributed by atoms with Crippen LogP contribution in [0.15, 0.2) is 60.7 Å². The van der Waals surface area contributed by atoms with Gasteiger partial charge in [-0.2, -0.15) is 8.42 Å². The molecule has 0 bridgehead atoms. The van der Waals surface area contributed by atoms with Crippen LogP contribution in [0.5, 0.6) is 11.5 Å². The van der Waals surface area contributed by atoms with Crippen molar-refractivity contribution in [1.29, 1.82) is 0 Å². The Hall–Kier alpha value is -2.59. The molecular weight excluding hydrogens is 583 g/mol. The normalized spacial score (nSPS) is 11.4. The molecule has 0 aliphatic heterocycles. The van der Waals surface area contributed by atoms with Gasteiger partial charge in [0.15, 0.2) is 0 Å². The summed E-state index contributed by atoms with van der Waals surface area (Å²) in [5.74, 6) is 1.80. The van der Waals surface area contributed by atoms with Crippen LogP contribution >= 0.6 is 23.2 Å². The highest BCUT2D eigenvalue weighted by atomic mass is 35.5. The number of hydrogen-bond acceptors (Lipinski definition) is 6. The Kier molecular flexibility index (Phi) is 13.0. The number of ether oxygens (including phenoxy) is 2. The van der Waals surface area contributed by atoms with Crippen LogP contribution in [0.3, 0.4) is 0 Å². The molecule has 0 unspecified atom stereocenters. The summed E-state index contributed by atoms with van der Waals surface area (Å²) in [4.78, 5) is 0. The average Bonchev–Trinajstić information content (AvgIpc) is 2.93. The summed E-state index contributed by atoms with van der Waals surface area (Å²) < 4.78 is 37.3. The molecule has 4 aromatic rings. The highest BCUT2D eigenvalue weighted by molar-refractivity contribution is 7.85. The molecule has 3 N–H and O–H groups in total. The predicted octanol–water partition coefficient (Wildman–Crippen LogP) is 7.26. The third-order valence-corrected chi connectivity index (χ3v) is 7.16. The molecule has 41 heavy (non-hydrogen) atoms. The van der Waals surface area contributed by atoms with Crippen molar-refractivity contribution in [2.24, 2.45) is 0 Å². The molecule has 7 nitrogen and oxygen atoms in total. The van der Waals surface area contributed by atoms with Crippen LogP contribution in [0.4, 0.5) is 0 Å². The van der Waals surface area contributed by atoms with Crippen molar-refractivity contribution in [3.05, 3.63) is 81.8 Å². The molecule has 0 radical (unpaired) electrons. The van der Waals surface area contributed by atoms with E-state index >= 15 is 0 Å². The average molecular weight is 622 g/mol. The number of benzene rings is 4. The van der Waals surface area contributed by atoms with E-state index in [4.69, 9.17) is 37.2 Å². The van der Waals surface area contributed by atoms with Crippen LogP contribution < -0.4 is 20.1 Å². The SMILES string of the molecule is COc1c(CNCCCCCCNCc2cc(Cl)c3ccccc3c2OC)cc(Cl)c2ccccc12.CS(=O)(=O)O. The Bertz CT molecular complexity index is 1440. The fourth-order valence-electron chi connectivity index (χ4n) is 4.76. The van der Waals surface area contributed by atoms with E-state index in [0.717, 1.165) is 93.2 Å². The van der Waals surface area contributed by atoms with Crippen LogP contribution in [0, 0.1) is 0 Å². The van der Waals surface area contributed by atoms with Crippen molar-refractivity contribution in [3.63, 3.8) is 0 Å². The molecule has 0 fully saturated rings. The van der Waals surface area contributed by atoms with Gasteiger partial charge in [-0.05, 0) is 38.1 Å². The maximum atomic E-state index is 9.19. The quantitative estimate of drug-likeness (QED) is 0.107. The third kappa shape index (κ3) is 10.0. The molecule has 0 spiro atoms. The number of unbranched alkanes of at least 4 members (excludes halogenated alkanes) is 3. The fourth-order valence-corrected chi connectivity index (χ4v) is 5.35. The van der Waals surface area contributed by atoms with Gasteiger partial charge in [0.1, 0.15) is 11.5 Å². The lowest BCUT2D eigenvalue weighted by atomic mass is 10.0. The van der Waals surface area contributed by atoms with Gasteiger partial charge in [-0.25, -0.2) is 0 Å². The maximum absolute atomic E-state index is 9.19. The third-order valence-electron chi connectivity index (χ3n) is 6.54. The van der Waals surface area contributed by atoms with Crippen molar-refractivity contribution < 1.29 is 22.4 Å². The van der Waals surface area contributed by atoms with E-state index in [1.807, 2.05) is 48.5 Å². The molecule has 0 aliphatic rings. The predicted molar refractivity (Wildman–Crippen MR) is 170 cm³/mol. The van der Waals surface area contributed by atoms with Crippen molar-refractivity contribution >= 4 is 54.9 Å². The zero-order chi connectivity index (χ0) is 29.8. The van der Waals surface area contributed by atoms with Crippen LogP contribution in [0.25, 0.3) is 21.5 Å². The van der Waals surface area contributed by atoms with Gasteiger partial charge in [-0.15, -0.1) is 0 Å². The van der Waals surface area contributed by atoms with Gasteiger partial charge in [0, 0.05) is 55.8 Å². The number of halogens is 2. The number of fused-ring (bicyclic) bond motifs is 2. The van der Waals surface area contributed by atoms with Gasteiger partial charge in [0.25, 0.3) is 10.1 Å². The smallest absolute Gasteiger partial charge is 0.261 e. The highest BCUT2D eigenvalue weighted by Gasteiger charge is 2.12. The van der Waals surface area contributed by atoms with E-state index in [9.17, 15) is 8.42 Å². The Morgan fingerprint density at radius 3 is 1.37 bits per heavy atom. The van der Waals surface area contributed by atoms with E-state index in [0.29, 0.717) is 6.26 Å². The summed E-state index contributed by atoms with van der Waals surface area (Å²) in [6.07, 6.45) is 5.37. The van der Waals surface area contributed by atoms with Crippen LogP contribution in [-0.4, -0.2) is 46.5 Å². The summed E-state index contributed by atoms with van der Waals surface area (Å²) >= 11 is 13.0. The minimum Gasteiger partial charge on any atom is -0.496 e. The Morgan fingerprint density at radius 2 is 1.02 bits per heavy atom. The topological polar surface area (TPSA) is 96.9 Å². The van der Waals surface area contributed by atoms with E-state index < -0.39 is 10.1 Å². The van der Waals surface area contributed by atoms with Crippen molar-refractivity contribution in [3.8, 4) is 11.5 Å². The number of hydrogen-bond donors (Lipinski definition) is 3. The first-order valence-electron chi connectivity index (χ1n) is 13.5. The fraction of sp³-hybridized carbons (Fsp3) is 0.355. The Morgan fingerprint density at radius 1 is 0.683 bits per heavy atom. The van der Waals surface area contributed by atoms with Crippen LogP contribution in [-0.2, 0) is 23.2 Å². The molecule has 10 heteroatoms. The van der Waals surface area contributed by atoms with Gasteiger partial charge >= 0.3 is 0 Å². The summed E-state index contributed by atoms with van der Waals surface area (Å²) in [5.41, 5.74) is 2.18. The number of nitrogens with one attached hydrogen (secondary N) is 2. The first-order chi connectivity index (χ1) is 19.6. The Balaban J connectivity index is 0.000000850. The lowest BCUT2D eigenvalue weighted by molar-refractivity contribution is 0.412. The molecular formula is C31H38Cl2N2O5S. The molecule has 0 saturated carbocycles. The second-order valence-electron chi connectivity index (χ2n) is 9.69. The van der Waals surface area contributed by atoms with E-state index in [1.54, 1.807) is 14.2 Å². The van der Waals surface area contributed by atoms with E-state index in [2.05, 4.69) is 22.8 Å². The molecule has 4 aromatic carbocycles. The number of methoxy groups -OCH3 is 2. The lowest BCUT2D eigenvalue weighted by Gasteiger charge is -2.14. The summed E-state index contributed by atoms with van der Waals surface area (Å²) in [6, 6.07) is 20.2. The standard InChI is InChI=1S/C30H34Cl2N2O2.CH4O3S/c1-35-29-21(17-27(31)23-11-5-7-13-25(23)29)19-33-15-9-3-4-10-16-34-20-22-18-28(32)24-12-6-8-14-26(24)30(22)36-2;1-5(2,3)4/h5-8,11-14,17-18,33-34H,3-4,9-10,15-16,19-20H2,1-2H3;1H3,(H,2,3,4). The first kappa shape index (κ1) is 32.9. The summed E-state index contributed by atoms with van der Waals surface area (Å²) in [5, 5.41) is 12.8. The van der Waals surface area contributed by atoms with Gasteiger partial charge < -0.3 is 20.1 Å². The van der Waals surface area contributed by atoms with Gasteiger partial charge in [-0.1, -0.05) is 84.6 Å². The minimum absolute atomic E-state index is 0.715. The lowest BCUT2D eigenvalue weighted by Crippen LogP contribution is -2.16. The molecule has 4 rings (SSSR count). The molecule has 0 saturated heterocycles. The van der Waals surface area contributed by atoms with Gasteiger partial charge in [-0.3, -0.25) is 4.55 Å². The zero-order valence-corrected chi connectivity index (χ0v) is 26.0. The molecule has 0 atom stereocenters. The van der Waals surface area contributed by atoms with E-state index in [-0.39, 0.29) is 0 Å². The zero-order valence-electron chi connectivity index (χ0n) is 23.7. The van der Waals surface area contributed by atoms with Crippen molar-refractivity contribution in [1.82, 2.24) is 10.6 Å². The first-order valence-corrected chi connectivity index (χ1v) is 16.1. The second kappa shape index (κ2) is 16.2. The van der Waals surface area contributed by atoms with Crippen molar-refractivity contribution in [2.45, 2.75) is 38.8 Å². The van der Waals surface area contributed by atoms with Crippen molar-refractivity contribution in [2.75, 3.05) is 33.6 Å². The molecule has 0 amide bonds. The monoisotopic (exact) mass is 620 g/mol. The molecule has 0 heterocycles. The van der Waals surface area contributed by atoms with E-state index in [1.165, 1.54) is 12.8 Å². The van der Waals surface area contributed by atoms with Gasteiger partial charge in [0.2, 0.25) is 0 Å². The highest BCUT2D eigenvalue weighted by Crippen LogP contribution is 2.36. The molecule has 0 aromatic heterocycles. The largest absolute Gasteiger partial charge is 0.496 e. The Labute approximate surface area is 252 Å². The van der Waals surface area contributed by atoms with Crippen LogP contribution in [0.2, 0.25) is 10.0 Å². The minimum atomic E-state index is -3.67. The summed E-state index contributed by atoms with van der Waals surface area (Å²) in [7, 11) is -0.226. The van der Waals surface area contributed by atoms with Crippen LogP contribution in [0.1, 0.15) is 36.8 Å². The molecule has 0 aliphatic carbocycles.